The summed E-state index contributed by atoms with van der Waals surface area (Å²) in [5.41, 5.74) is 6.58. The van der Waals surface area contributed by atoms with Crippen LogP contribution in [0.3, 0.4) is 0 Å². The van der Waals surface area contributed by atoms with Crippen LogP contribution in [0.25, 0.3) is 0 Å². The number of hydrogen-bond donors (Lipinski definition) is 1. The molecule has 1 atom stereocenters. The van der Waals surface area contributed by atoms with Crippen molar-refractivity contribution in [2.75, 3.05) is 18.0 Å². The largest absolute Gasteiger partial charge is 0.369 e. The molecule has 1 amide bonds. The summed E-state index contributed by atoms with van der Waals surface area (Å²) in [6.07, 6.45) is 5.45. The molecule has 24 heavy (non-hydrogen) atoms. The van der Waals surface area contributed by atoms with E-state index in [0.717, 1.165) is 41.9 Å². The van der Waals surface area contributed by atoms with E-state index in [1.807, 2.05) is 6.07 Å². The summed E-state index contributed by atoms with van der Waals surface area (Å²) in [6.45, 7) is 5.88. The quantitative estimate of drug-likeness (QED) is 0.862. The van der Waals surface area contributed by atoms with Crippen molar-refractivity contribution in [3.05, 3.63) is 34.6 Å². The predicted molar refractivity (Wildman–Crippen MR) is 95.0 cm³/mol. The average Bonchev–Trinajstić information content (AvgIpc) is 3.04. The first-order valence-electron chi connectivity index (χ1n) is 8.07. The van der Waals surface area contributed by atoms with Crippen LogP contribution in [-0.4, -0.2) is 38.7 Å². The Morgan fingerprint density at radius 3 is 2.96 bits per heavy atom. The fourth-order valence-electron chi connectivity index (χ4n) is 3.21. The van der Waals surface area contributed by atoms with Crippen LogP contribution in [0.2, 0.25) is 0 Å². The van der Waals surface area contributed by atoms with Crippen molar-refractivity contribution < 1.29 is 4.79 Å². The summed E-state index contributed by atoms with van der Waals surface area (Å²) >= 11 is 3.43. The number of nitrogens with two attached hydrogens (primary N) is 1. The molecule has 3 rings (SSSR count). The maximum absolute atomic E-state index is 11.7. The van der Waals surface area contributed by atoms with Gasteiger partial charge in [-0.05, 0) is 48.7 Å². The van der Waals surface area contributed by atoms with E-state index in [-0.39, 0.29) is 5.92 Å². The summed E-state index contributed by atoms with van der Waals surface area (Å²) in [6, 6.07) is 2.22. The molecule has 0 unspecified atom stereocenters. The molecule has 0 bridgehead atoms. The van der Waals surface area contributed by atoms with Crippen molar-refractivity contribution in [1.82, 2.24) is 19.7 Å². The van der Waals surface area contributed by atoms with E-state index in [4.69, 9.17) is 5.73 Å². The van der Waals surface area contributed by atoms with Crippen molar-refractivity contribution in [3.63, 3.8) is 0 Å². The maximum atomic E-state index is 11.7. The van der Waals surface area contributed by atoms with Crippen LogP contribution in [0.15, 0.2) is 23.1 Å². The summed E-state index contributed by atoms with van der Waals surface area (Å²) in [5.74, 6) is 0.756. The summed E-state index contributed by atoms with van der Waals surface area (Å²) in [4.78, 5) is 18.1. The zero-order chi connectivity index (χ0) is 17.3. The van der Waals surface area contributed by atoms with Gasteiger partial charge in [-0.25, -0.2) is 4.98 Å². The second-order valence-electron chi connectivity index (χ2n) is 6.36. The molecule has 0 aliphatic carbocycles. The zero-order valence-electron chi connectivity index (χ0n) is 13.8. The van der Waals surface area contributed by atoms with Gasteiger partial charge in [0.1, 0.15) is 12.2 Å². The molecule has 2 N–H and O–H groups in total. The molecule has 0 spiro atoms. The van der Waals surface area contributed by atoms with E-state index >= 15 is 0 Å². The smallest absolute Gasteiger partial charge is 0.269 e. The van der Waals surface area contributed by atoms with E-state index in [0.29, 0.717) is 11.7 Å². The molecular formula is C16H21BrN6O. The highest BCUT2D eigenvalue weighted by Crippen LogP contribution is 2.32. The van der Waals surface area contributed by atoms with Gasteiger partial charge in [-0.3, -0.25) is 4.79 Å². The lowest BCUT2D eigenvalue weighted by molar-refractivity contribution is 0.0996. The first-order chi connectivity index (χ1) is 11.5. The summed E-state index contributed by atoms with van der Waals surface area (Å²) in [7, 11) is 0. The first-order valence-corrected chi connectivity index (χ1v) is 8.86. The Hall–Kier alpha value is -1.96. The van der Waals surface area contributed by atoms with Crippen molar-refractivity contribution in [1.29, 1.82) is 0 Å². The van der Waals surface area contributed by atoms with Gasteiger partial charge in [-0.1, -0.05) is 0 Å². The van der Waals surface area contributed by atoms with E-state index in [1.165, 1.54) is 0 Å². The van der Waals surface area contributed by atoms with Crippen LogP contribution < -0.4 is 10.6 Å². The third-order valence-corrected chi connectivity index (χ3v) is 4.79. The first kappa shape index (κ1) is 16.9. The number of rotatable bonds is 4. The van der Waals surface area contributed by atoms with Crippen molar-refractivity contribution in [2.24, 2.45) is 5.73 Å². The Bertz CT molecular complexity index is 744. The molecule has 7 nitrogen and oxygen atoms in total. The van der Waals surface area contributed by atoms with Crippen molar-refractivity contribution >= 4 is 27.5 Å². The van der Waals surface area contributed by atoms with Crippen LogP contribution in [0.5, 0.6) is 0 Å². The number of amides is 1. The highest BCUT2D eigenvalue weighted by Gasteiger charge is 2.28. The zero-order valence-corrected chi connectivity index (χ0v) is 15.4. The molecule has 0 aromatic carbocycles. The molecule has 1 aliphatic heterocycles. The van der Waals surface area contributed by atoms with E-state index in [9.17, 15) is 4.79 Å². The van der Waals surface area contributed by atoms with Crippen LogP contribution in [0, 0.1) is 0 Å². The Balaban J connectivity index is 1.90. The maximum Gasteiger partial charge on any atom is 0.269 e. The molecule has 8 heteroatoms. The van der Waals surface area contributed by atoms with Gasteiger partial charge >= 0.3 is 0 Å². The van der Waals surface area contributed by atoms with Gasteiger partial charge < -0.3 is 15.2 Å². The number of anilines is 1. The van der Waals surface area contributed by atoms with Crippen LogP contribution in [0.1, 0.15) is 55.0 Å². The van der Waals surface area contributed by atoms with E-state index in [1.54, 1.807) is 12.5 Å². The third kappa shape index (κ3) is 3.28. The Labute approximate surface area is 149 Å². The number of primary amides is 1. The van der Waals surface area contributed by atoms with Gasteiger partial charge in [0.25, 0.3) is 5.91 Å². The molecule has 1 fully saturated rings. The second kappa shape index (κ2) is 6.88. The third-order valence-electron chi connectivity index (χ3n) is 4.35. The van der Waals surface area contributed by atoms with Crippen molar-refractivity contribution in [2.45, 2.75) is 38.6 Å². The summed E-state index contributed by atoms with van der Waals surface area (Å²) in [5, 5.41) is 8.41. The minimum atomic E-state index is -0.509. The Morgan fingerprint density at radius 1 is 1.46 bits per heavy atom. The molecule has 2 aromatic rings. The normalized spacial score (nSPS) is 18.2. The number of halogens is 1. The number of nitrogens with zero attached hydrogens (tertiary/aromatic N) is 5. The average molecular weight is 393 g/mol. The summed E-state index contributed by atoms with van der Waals surface area (Å²) < 4.78 is 2.94. The molecule has 1 aliphatic rings. The predicted octanol–water partition coefficient (Wildman–Crippen LogP) is 2.50. The standard InChI is InChI=1S/C16H21BrN6O/c1-10(2)23-9-20-21-16(23)11-4-3-5-22(8-11)13-6-12(17)7-19-14(13)15(18)24/h6-7,9-11H,3-5,8H2,1-2H3,(H2,18,24)/t11-/m0/s1. The lowest BCUT2D eigenvalue weighted by atomic mass is 9.96. The number of piperidine rings is 1. The molecule has 0 saturated carbocycles. The lowest BCUT2D eigenvalue weighted by Gasteiger charge is -2.35. The lowest BCUT2D eigenvalue weighted by Crippen LogP contribution is -2.37. The van der Waals surface area contributed by atoms with Gasteiger partial charge in [0.2, 0.25) is 0 Å². The molecule has 0 radical (unpaired) electrons. The molecule has 3 heterocycles. The molecular weight excluding hydrogens is 372 g/mol. The SMILES string of the molecule is CC(C)n1cnnc1[C@H]1CCCN(c2cc(Br)cnc2C(N)=O)C1. The fourth-order valence-corrected chi connectivity index (χ4v) is 3.53. The number of aromatic nitrogens is 4. The van der Waals surface area contributed by atoms with Crippen LogP contribution in [0.4, 0.5) is 5.69 Å². The topological polar surface area (TPSA) is 89.9 Å². The molecule has 2 aromatic heterocycles. The van der Waals surface area contributed by atoms with Gasteiger partial charge in [-0.15, -0.1) is 10.2 Å². The highest BCUT2D eigenvalue weighted by molar-refractivity contribution is 9.10. The van der Waals surface area contributed by atoms with Crippen molar-refractivity contribution in [3.8, 4) is 0 Å². The van der Waals surface area contributed by atoms with E-state index < -0.39 is 5.91 Å². The minimum Gasteiger partial charge on any atom is -0.369 e. The highest BCUT2D eigenvalue weighted by atomic mass is 79.9. The van der Waals surface area contributed by atoms with Crippen LogP contribution >= 0.6 is 15.9 Å². The van der Waals surface area contributed by atoms with Crippen LogP contribution in [-0.2, 0) is 0 Å². The Kier molecular flexibility index (Phi) is 4.84. The van der Waals surface area contributed by atoms with Gasteiger partial charge in [0.05, 0.1) is 5.69 Å². The Morgan fingerprint density at radius 2 is 2.25 bits per heavy atom. The second-order valence-corrected chi connectivity index (χ2v) is 7.28. The monoisotopic (exact) mass is 392 g/mol. The number of carbonyl (C=O) groups excluding carboxylic acids is 1. The van der Waals surface area contributed by atoms with Gasteiger partial charge in [0.15, 0.2) is 5.69 Å². The molecule has 1 saturated heterocycles. The minimum absolute atomic E-state index is 0.267. The fraction of sp³-hybridized carbons (Fsp3) is 0.500. The molecule has 128 valence electrons. The number of pyridine rings is 1. The number of hydrogen-bond acceptors (Lipinski definition) is 5. The van der Waals surface area contributed by atoms with E-state index in [2.05, 4.69) is 54.4 Å². The van der Waals surface area contributed by atoms with Gasteiger partial charge in [-0.2, -0.15) is 0 Å². The van der Waals surface area contributed by atoms with Gasteiger partial charge in [0, 0.05) is 35.7 Å². The number of carbonyl (C=O) groups is 1.